The predicted octanol–water partition coefficient (Wildman–Crippen LogP) is 3.72. The Labute approximate surface area is 193 Å². The number of hydrogen-bond acceptors (Lipinski definition) is 5. The Bertz CT molecular complexity index is 1140. The van der Waals surface area contributed by atoms with Gasteiger partial charge in [-0.3, -0.25) is 9.59 Å². The molecule has 9 heteroatoms. The minimum atomic E-state index is -3.70. The van der Waals surface area contributed by atoms with Gasteiger partial charge in [0, 0.05) is 29.6 Å². The summed E-state index contributed by atoms with van der Waals surface area (Å²) in [6, 6.07) is 12.6. The number of anilines is 2. The summed E-state index contributed by atoms with van der Waals surface area (Å²) in [6.45, 7) is 4.44. The second kappa shape index (κ2) is 9.25. The molecule has 0 spiro atoms. The van der Waals surface area contributed by atoms with Gasteiger partial charge in [-0.15, -0.1) is 11.8 Å². The lowest BCUT2D eigenvalue weighted by molar-refractivity contribution is -0.121. The van der Waals surface area contributed by atoms with Crippen LogP contribution < -0.4 is 10.6 Å². The number of carbonyl (C=O) groups excluding carboxylic acids is 2. The number of carbonyl (C=O) groups is 2. The summed E-state index contributed by atoms with van der Waals surface area (Å²) in [7, 11) is -3.70. The van der Waals surface area contributed by atoms with E-state index in [1.165, 1.54) is 22.1 Å². The Morgan fingerprint density at radius 3 is 2.66 bits per heavy atom. The smallest absolute Gasteiger partial charge is 0.243 e. The molecule has 0 bridgehead atoms. The molecule has 32 heavy (non-hydrogen) atoms. The summed E-state index contributed by atoms with van der Waals surface area (Å²) in [6.07, 6.45) is 1.82. The standard InChI is InChI=1S/C23H27N3O4S2/c1-3-16-5-4-6-18(13-16)24-23(28)17-9-11-26(12-10-17)32(29,30)19-7-8-21-20(14-19)25-22(27)15(2)31-21/h4-8,13-15,17H,3,9-12H2,1-2H3,(H,24,28)(H,25,27)/t15-/m1/s1. The van der Waals surface area contributed by atoms with E-state index in [0.29, 0.717) is 18.5 Å². The third-order valence-electron chi connectivity index (χ3n) is 5.95. The van der Waals surface area contributed by atoms with Crippen LogP contribution in [-0.2, 0) is 26.0 Å². The highest BCUT2D eigenvalue weighted by atomic mass is 32.2. The second-order valence-electron chi connectivity index (χ2n) is 8.13. The zero-order valence-electron chi connectivity index (χ0n) is 18.1. The van der Waals surface area contributed by atoms with Crippen molar-refractivity contribution in [2.75, 3.05) is 23.7 Å². The number of benzene rings is 2. The van der Waals surface area contributed by atoms with Crippen molar-refractivity contribution in [2.24, 2.45) is 5.92 Å². The fourth-order valence-electron chi connectivity index (χ4n) is 3.97. The van der Waals surface area contributed by atoms with Gasteiger partial charge in [-0.2, -0.15) is 4.31 Å². The number of fused-ring (bicyclic) bond motifs is 1. The SMILES string of the molecule is CCc1cccc(NC(=O)C2CCN(S(=O)(=O)c3ccc4c(c3)NC(=O)[C@@H](C)S4)CC2)c1. The lowest BCUT2D eigenvalue weighted by Crippen LogP contribution is -2.41. The molecule has 4 rings (SSSR count). The fourth-order valence-corrected chi connectivity index (χ4v) is 6.40. The summed E-state index contributed by atoms with van der Waals surface area (Å²) in [4.78, 5) is 25.7. The molecule has 0 aliphatic carbocycles. The van der Waals surface area contributed by atoms with Crippen LogP contribution in [0.25, 0.3) is 0 Å². The normalized spacial score (nSPS) is 19.8. The summed E-state index contributed by atoms with van der Waals surface area (Å²) >= 11 is 1.42. The zero-order valence-corrected chi connectivity index (χ0v) is 19.8. The van der Waals surface area contributed by atoms with Crippen molar-refractivity contribution < 1.29 is 18.0 Å². The van der Waals surface area contributed by atoms with Crippen molar-refractivity contribution in [1.29, 1.82) is 0 Å². The third kappa shape index (κ3) is 4.69. The van der Waals surface area contributed by atoms with Gasteiger partial charge in [-0.25, -0.2) is 8.42 Å². The quantitative estimate of drug-likeness (QED) is 0.690. The van der Waals surface area contributed by atoms with Crippen LogP contribution in [0.3, 0.4) is 0 Å². The van der Waals surface area contributed by atoms with Crippen molar-refractivity contribution in [2.45, 2.75) is 48.2 Å². The van der Waals surface area contributed by atoms with Crippen molar-refractivity contribution in [3.63, 3.8) is 0 Å². The van der Waals surface area contributed by atoms with E-state index in [9.17, 15) is 18.0 Å². The average molecular weight is 474 g/mol. The van der Waals surface area contributed by atoms with Gasteiger partial charge in [0.25, 0.3) is 0 Å². The Kier molecular flexibility index (Phi) is 6.60. The zero-order chi connectivity index (χ0) is 22.9. The molecule has 1 saturated heterocycles. The van der Waals surface area contributed by atoms with Crippen LogP contribution in [0.4, 0.5) is 11.4 Å². The highest BCUT2D eigenvalue weighted by molar-refractivity contribution is 8.01. The van der Waals surface area contributed by atoms with E-state index in [1.54, 1.807) is 12.1 Å². The molecule has 2 aromatic carbocycles. The van der Waals surface area contributed by atoms with E-state index in [1.807, 2.05) is 31.2 Å². The first-order chi connectivity index (χ1) is 15.3. The molecular weight excluding hydrogens is 446 g/mol. The maximum atomic E-state index is 13.2. The summed E-state index contributed by atoms with van der Waals surface area (Å²) < 4.78 is 27.8. The molecule has 2 aromatic rings. The van der Waals surface area contributed by atoms with Crippen LogP contribution in [0.5, 0.6) is 0 Å². The minimum Gasteiger partial charge on any atom is -0.326 e. The summed E-state index contributed by atoms with van der Waals surface area (Å²) in [5.74, 6) is -0.432. The highest BCUT2D eigenvalue weighted by Gasteiger charge is 2.33. The van der Waals surface area contributed by atoms with Gasteiger partial charge in [0.15, 0.2) is 0 Å². The molecule has 170 valence electrons. The number of hydrogen-bond donors (Lipinski definition) is 2. The van der Waals surface area contributed by atoms with Crippen LogP contribution in [0.15, 0.2) is 52.3 Å². The maximum Gasteiger partial charge on any atom is 0.243 e. The van der Waals surface area contributed by atoms with E-state index in [0.717, 1.165) is 22.6 Å². The van der Waals surface area contributed by atoms with Gasteiger partial charge in [-0.05, 0) is 62.1 Å². The number of nitrogens with zero attached hydrogens (tertiary/aromatic N) is 1. The number of nitrogens with one attached hydrogen (secondary N) is 2. The largest absolute Gasteiger partial charge is 0.326 e. The molecule has 2 heterocycles. The number of amides is 2. The molecule has 2 N–H and O–H groups in total. The first kappa shape index (κ1) is 22.8. The van der Waals surface area contributed by atoms with Crippen LogP contribution in [0.2, 0.25) is 0 Å². The van der Waals surface area contributed by atoms with Crippen LogP contribution in [0, 0.1) is 5.92 Å². The Morgan fingerprint density at radius 2 is 1.94 bits per heavy atom. The Balaban J connectivity index is 1.40. The van der Waals surface area contributed by atoms with Gasteiger partial charge < -0.3 is 10.6 Å². The number of rotatable bonds is 5. The van der Waals surface area contributed by atoms with Crippen molar-refractivity contribution in [1.82, 2.24) is 4.31 Å². The Morgan fingerprint density at radius 1 is 1.19 bits per heavy atom. The molecule has 2 aliphatic heterocycles. The number of sulfonamides is 1. The van der Waals surface area contributed by atoms with E-state index < -0.39 is 10.0 Å². The molecule has 2 aliphatic rings. The van der Waals surface area contributed by atoms with Gasteiger partial charge in [-0.1, -0.05) is 19.1 Å². The summed E-state index contributed by atoms with van der Waals surface area (Å²) in [5, 5.41) is 5.54. The van der Waals surface area contributed by atoms with Crippen molar-refractivity contribution in [3.05, 3.63) is 48.0 Å². The van der Waals surface area contributed by atoms with E-state index >= 15 is 0 Å². The van der Waals surface area contributed by atoms with Crippen molar-refractivity contribution in [3.8, 4) is 0 Å². The fraction of sp³-hybridized carbons (Fsp3) is 0.391. The van der Waals surface area contributed by atoms with E-state index in [-0.39, 0.29) is 41.0 Å². The topological polar surface area (TPSA) is 95.6 Å². The third-order valence-corrected chi connectivity index (χ3v) is 9.02. The minimum absolute atomic E-state index is 0.0714. The van der Waals surface area contributed by atoms with Crippen LogP contribution in [0.1, 0.15) is 32.3 Å². The monoisotopic (exact) mass is 473 g/mol. The molecule has 7 nitrogen and oxygen atoms in total. The molecule has 1 atom stereocenters. The lowest BCUT2D eigenvalue weighted by atomic mass is 9.97. The van der Waals surface area contributed by atoms with Gasteiger partial charge in [0.1, 0.15) is 0 Å². The highest BCUT2D eigenvalue weighted by Crippen LogP contribution is 2.37. The van der Waals surface area contributed by atoms with Crippen LogP contribution >= 0.6 is 11.8 Å². The van der Waals surface area contributed by atoms with Gasteiger partial charge in [0.2, 0.25) is 21.8 Å². The van der Waals surface area contributed by atoms with Crippen molar-refractivity contribution >= 4 is 45.0 Å². The molecule has 0 unspecified atom stereocenters. The number of thioether (sulfide) groups is 1. The van der Waals surface area contributed by atoms with E-state index in [4.69, 9.17) is 0 Å². The predicted molar refractivity (Wildman–Crippen MR) is 126 cm³/mol. The summed E-state index contributed by atoms with van der Waals surface area (Å²) in [5.41, 5.74) is 2.45. The number of aryl methyl sites for hydroxylation is 1. The molecule has 0 saturated carbocycles. The average Bonchev–Trinajstić information content (AvgIpc) is 2.79. The van der Waals surface area contributed by atoms with Gasteiger partial charge >= 0.3 is 0 Å². The van der Waals surface area contributed by atoms with E-state index in [2.05, 4.69) is 17.6 Å². The first-order valence-corrected chi connectivity index (χ1v) is 13.1. The molecular formula is C23H27N3O4S2. The lowest BCUT2D eigenvalue weighted by Gasteiger charge is -2.31. The molecule has 2 amide bonds. The number of piperidine rings is 1. The Hall–Kier alpha value is -2.36. The second-order valence-corrected chi connectivity index (χ2v) is 11.4. The molecule has 0 aromatic heterocycles. The molecule has 1 fully saturated rings. The first-order valence-electron chi connectivity index (χ1n) is 10.8. The van der Waals surface area contributed by atoms with Gasteiger partial charge in [0.05, 0.1) is 15.8 Å². The molecule has 0 radical (unpaired) electrons. The maximum absolute atomic E-state index is 13.2. The van der Waals surface area contributed by atoms with Crippen LogP contribution in [-0.4, -0.2) is 42.9 Å².